The third kappa shape index (κ3) is 5.06. The van der Waals surface area contributed by atoms with Crippen molar-refractivity contribution >= 4 is 17.6 Å². The summed E-state index contributed by atoms with van der Waals surface area (Å²) in [6.45, 7) is 7.52. The zero-order chi connectivity index (χ0) is 19.9. The molecule has 0 saturated carbocycles. The number of pyridine rings is 2. The van der Waals surface area contributed by atoms with Crippen LogP contribution in [0, 0.1) is 5.92 Å². The number of rotatable bonds is 6. The number of anilines is 1. The predicted octanol–water partition coefficient (Wildman–Crippen LogP) is 2.21. The summed E-state index contributed by atoms with van der Waals surface area (Å²) >= 11 is 0. The van der Waals surface area contributed by atoms with Gasteiger partial charge in [-0.15, -0.1) is 0 Å². The van der Waals surface area contributed by atoms with E-state index in [1.54, 1.807) is 17.2 Å². The summed E-state index contributed by atoms with van der Waals surface area (Å²) in [7, 11) is 0. The zero-order valence-electron chi connectivity index (χ0n) is 16.5. The van der Waals surface area contributed by atoms with Gasteiger partial charge in [-0.05, 0) is 30.5 Å². The van der Waals surface area contributed by atoms with Crippen molar-refractivity contribution in [3.05, 3.63) is 54.0 Å². The first-order valence-corrected chi connectivity index (χ1v) is 9.73. The lowest BCUT2D eigenvalue weighted by atomic mass is 10.1. The fourth-order valence-electron chi connectivity index (χ4n) is 3.12. The molecule has 0 aliphatic carbocycles. The smallest absolute Gasteiger partial charge is 0.255 e. The maximum atomic E-state index is 12.8. The van der Waals surface area contributed by atoms with Crippen LogP contribution < -0.4 is 10.2 Å². The SMILES string of the molecule is CC(C)CCNC(=O)c1cncc(C(=O)N2CCN(c3ccccn3)CC2)c1. The van der Waals surface area contributed by atoms with Crippen LogP contribution in [0.1, 0.15) is 41.0 Å². The van der Waals surface area contributed by atoms with Crippen molar-refractivity contribution in [1.29, 1.82) is 0 Å². The van der Waals surface area contributed by atoms with Gasteiger partial charge in [0.05, 0.1) is 11.1 Å². The van der Waals surface area contributed by atoms with Crippen LogP contribution in [0.4, 0.5) is 5.82 Å². The van der Waals surface area contributed by atoms with Gasteiger partial charge in [0.15, 0.2) is 0 Å². The van der Waals surface area contributed by atoms with Crippen LogP contribution in [0.2, 0.25) is 0 Å². The number of piperazine rings is 1. The Hall–Kier alpha value is -2.96. The Morgan fingerprint density at radius 1 is 1.11 bits per heavy atom. The topological polar surface area (TPSA) is 78.4 Å². The highest BCUT2D eigenvalue weighted by Gasteiger charge is 2.23. The molecule has 1 N–H and O–H groups in total. The molecule has 0 aromatic carbocycles. The van der Waals surface area contributed by atoms with Crippen molar-refractivity contribution in [1.82, 2.24) is 20.2 Å². The lowest BCUT2D eigenvalue weighted by Crippen LogP contribution is -2.49. The van der Waals surface area contributed by atoms with E-state index < -0.39 is 0 Å². The lowest BCUT2D eigenvalue weighted by molar-refractivity contribution is 0.0746. The molecule has 2 aromatic heterocycles. The molecule has 7 nitrogen and oxygen atoms in total. The van der Waals surface area contributed by atoms with Crippen molar-refractivity contribution < 1.29 is 9.59 Å². The molecule has 0 atom stereocenters. The van der Waals surface area contributed by atoms with Gasteiger partial charge in [-0.25, -0.2) is 4.98 Å². The largest absolute Gasteiger partial charge is 0.353 e. The molecule has 1 fully saturated rings. The Labute approximate surface area is 165 Å². The monoisotopic (exact) mass is 381 g/mol. The predicted molar refractivity (Wildman–Crippen MR) is 108 cm³/mol. The Bertz CT molecular complexity index is 801. The number of aromatic nitrogens is 2. The number of carbonyl (C=O) groups is 2. The molecule has 0 radical (unpaired) electrons. The molecule has 3 rings (SSSR count). The van der Waals surface area contributed by atoms with Crippen molar-refractivity contribution in [3.63, 3.8) is 0 Å². The minimum atomic E-state index is -0.192. The molecule has 2 aromatic rings. The highest BCUT2D eigenvalue weighted by Crippen LogP contribution is 2.15. The normalized spacial score (nSPS) is 14.2. The van der Waals surface area contributed by atoms with Gasteiger partial charge in [-0.1, -0.05) is 19.9 Å². The second kappa shape index (κ2) is 9.30. The van der Waals surface area contributed by atoms with Crippen LogP contribution >= 0.6 is 0 Å². The van der Waals surface area contributed by atoms with E-state index in [0.29, 0.717) is 36.7 Å². The van der Waals surface area contributed by atoms with Gasteiger partial charge in [0, 0.05) is 51.3 Å². The zero-order valence-corrected chi connectivity index (χ0v) is 16.5. The Morgan fingerprint density at radius 2 is 1.86 bits per heavy atom. The van der Waals surface area contributed by atoms with E-state index in [1.807, 2.05) is 18.2 Å². The van der Waals surface area contributed by atoms with Crippen LogP contribution in [0.25, 0.3) is 0 Å². The minimum absolute atomic E-state index is 0.0926. The van der Waals surface area contributed by atoms with E-state index in [0.717, 1.165) is 25.3 Å². The summed E-state index contributed by atoms with van der Waals surface area (Å²) < 4.78 is 0. The Morgan fingerprint density at radius 3 is 2.54 bits per heavy atom. The molecule has 1 aliphatic heterocycles. The van der Waals surface area contributed by atoms with Gasteiger partial charge in [-0.3, -0.25) is 14.6 Å². The summed E-state index contributed by atoms with van der Waals surface area (Å²) in [6, 6.07) is 7.46. The molecule has 1 aliphatic rings. The highest BCUT2D eigenvalue weighted by molar-refractivity contribution is 5.99. The molecule has 2 amide bonds. The molecule has 148 valence electrons. The second-order valence-electron chi connectivity index (χ2n) is 7.37. The first-order valence-electron chi connectivity index (χ1n) is 9.73. The van der Waals surface area contributed by atoms with Crippen molar-refractivity contribution in [2.45, 2.75) is 20.3 Å². The summed E-state index contributed by atoms with van der Waals surface area (Å²) in [6.07, 6.45) is 5.72. The molecule has 3 heterocycles. The highest BCUT2D eigenvalue weighted by atomic mass is 16.2. The summed E-state index contributed by atoms with van der Waals surface area (Å²) in [5.74, 6) is 1.17. The van der Waals surface area contributed by atoms with Gasteiger partial charge in [0.1, 0.15) is 5.82 Å². The fourth-order valence-corrected chi connectivity index (χ4v) is 3.12. The van der Waals surface area contributed by atoms with Gasteiger partial charge in [0.2, 0.25) is 0 Å². The quantitative estimate of drug-likeness (QED) is 0.830. The first-order chi connectivity index (χ1) is 13.5. The van der Waals surface area contributed by atoms with E-state index >= 15 is 0 Å². The first kappa shape index (κ1) is 19.8. The van der Waals surface area contributed by atoms with Crippen LogP contribution in [-0.4, -0.2) is 59.4 Å². The van der Waals surface area contributed by atoms with Crippen molar-refractivity contribution in [2.75, 3.05) is 37.6 Å². The third-order valence-corrected chi connectivity index (χ3v) is 4.79. The average molecular weight is 381 g/mol. The lowest BCUT2D eigenvalue weighted by Gasteiger charge is -2.35. The van der Waals surface area contributed by atoms with Gasteiger partial charge in [0.25, 0.3) is 11.8 Å². The number of carbonyl (C=O) groups excluding carboxylic acids is 2. The van der Waals surface area contributed by atoms with Crippen LogP contribution in [0.15, 0.2) is 42.9 Å². The maximum absolute atomic E-state index is 12.8. The van der Waals surface area contributed by atoms with Crippen LogP contribution in [0.3, 0.4) is 0 Å². The second-order valence-corrected chi connectivity index (χ2v) is 7.37. The standard InChI is InChI=1S/C21H27N5O2/c1-16(2)6-8-24-20(27)17-13-18(15-22-14-17)21(28)26-11-9-25(10-12-26)19-5-3-4-7-23-19/h3-5,7,13-16H,6,8-12H2,1-2H3,(H,24,27). The number of nitrogens with one attached hydrogen (secondary N) is 1. The molecular weight excluding hydrogens is 354 g/mol. The summed E-state index contributed by atoms with van der Waals surface area (Å²) in [5, 5.41) is 2.88. The van der Waals surface area contributed by atoms with Crippen LogP contribution in [-0.2, 0) is 0 Å². The molecule has 0 spiro atoms. The number of hydrogen-bond donors (Lipinski definition) is 1. The van der Waals surface area contributed by atoms with E-state index in [1.165, 1.54) is 12.4 Å². The summed E-state index contributed by atoms with van der Waals surface area (Å²) in [5.41, 5.74) is 0.865. The molecule has 0 unspecified atom stereocenters. The van der Waals surface area contributed by atoms with Gasteiger partial charge < -0.3 is 15.1 Å². The Balaban J connectivity index is 1.58. The third-order valence-electron chi connectivity index (χ3n) is 4.79. The van der Waals surface area contributed by atoms with Gasteiger partial charge >= 0.3 is 0 Å². The number of hydrogen-bond acceptors (Lipinski definition) is 5. The minimum Gasteiger partial charge on any atom is -0.353 e. The maximum Gasteiger partial charge on any atom is 0.255 e. The van der Waals surface area contributed by atoms with Crippen LogP contribution in [0.5, 0.6) is 0 Å². The van der Waals surface area contributed by atoms with E-state index in [-0.39, 0.29) is 11.8 Å². The average Bonchev–Trinajstić information content (AvgIpc) is 2.74. The van der Waals surface area contributed by atoms with E-state index in [9.17, 15) is 9.59 Å². The molecule has 1 saturated heterocycles. The number of amides is 2. The molecular formula is C21H27N5O2. The van der Waals surface area contributed by atoms with Gasteiger partial charge in [-0.2, -0.15) is 0 Å². The Kier molecular flexibility index (Phi) is 6.57. The summed E-state index contributed by atoms with van der Waals surface area (Å²) in [4.78, 5) is 37.6. The molecule has 0 bridgehead atoms. The number of nitrogens with zero attached hydrogens (tertiary/aromatic N) is 4. The van der Waals surface area contributed by atoms with E-state index in [4.69, 9.17) is 0 Å². The van der Waals surface area contributed by atoms with E-state index in [2.05, 4.69) is 34.0 Å². The van der Waals surface area contributed by atoms with Crippen molar-refractivity contribution in [3.8, 4) is 0 Å². The fraction of sp³-hybridized carbons (Fsp3) is 0.429. The van der Waals surface area contributed by atoms with Crippen molar-refractivity contribution in [2.24, 2.45) is 5.92 Å². The molecule has 7 heteroatoms. The molecule has 28 heavy (non-hydrogen) atoms.